The topological polar surface area (TPSA) is 64.4 Å². The van der Waals surface area contributed by atoms with Crippen LogP contribution in [0.1, 0.15) is 31.7 Å². The van der Waals surface area contributed by atoms with E-state index >= 15 is 0 Å². The Kier molecular flexibility index (Phi) is 5.60. The molecule has 1 aliphatic rings. The molecule has 1 fully saturated rings. The standard InChI is InChI=1S/C11H13F2N3S.C2H6/c1-16-11(15)17-9-4-6(9)7-2-5(14)3-8(12)10(7)13;1-2/h2-3,6,9H,4,14H2,1H3,(H2,15,16);1-2H3. The minimum atomic E-state index is -0.896. The van der Waals surface area contributed by atoms with Crippen LogP contribution in [0.15, 0.2) is 17.1 Å². The molecule has 2 rings (SSSR count). The molecule has 3 nitrogen and oxygen atoms in total. The van der Waals surface area contributed by atoms with Gasteiger partial charge in [-0.25, -0.2) is 8.78 Å². The van der Waals surface area contributed by atoms with Crippen LogP contribution in [0.2, 0.25) is 0 Å². The number of halogens is 2. The third kappa shape index (κ3) is 3.83. The number of anilines is 1. The second kappa shape index (κ2) is 6.75. The van der Waals surface area contributed by atoms with Crippen LogP contribution in [0.5, 0.6) is 0 Å². The van der Waals surface area contributed by atoms with E-state index in [1.807, 2.05) is 13.8 Å². The first kappa shape index (κ1) is 15.8. The molecule has 0 heterocycles. The number of nitrogen functional groups attached to an aromatic ring is 1. The Labute approximate surface area is 116 Å². The van der Waals surface area contributed by atoms with Gasteiger partial charge in [-0.15, -0.1) is 0 Å². The number of nitrogens with zero attached hydrogens (tertiary/aromatic N) is 1. The second-order valence-electron chi connectivity index (χ2n) is 3.97. The van der Waals surface area contributed by atoms with E-state index in [2.05, 4.69) is 4.99 Å². The van der Waals surface area contributed by atoms with Gasteiger partial charge in [-0.3, -0.25) is 4.99 Å². The van der Waals surface area contributed by atoms with Crippen LogP contribution in [0, 0.1) is 11.6 Å². The summed E-state index contributed by atoms with van der Waals surface area (Å²) in [5.41, 5.74) is 11.7. The van der Waals surface area contributed by atoms with Gasteiger partial charge in [0.1, 0.15) is 0 Å². The number of hydrogen-bond donors (Lipinski definition) is 2. The minimum Gasteiger partial charge on any atom is -0.399 e. The lowest BCUT2D eigenvalue weighted by atomic mass is 10.1. The van der Waals surface area contributed by atoms with Crippen molar-refractivity contribution in [2.24, 2.45) is 10.7 Å². The molecule has 0 aliphatic heterocycles. The van der Waals surface area contributed by atoms with E-state index in [0.29, 0.717) is 10.7 Å². The Balaban J connectivity index is 0.000000861. The van der Waals surface area contributed by atoms with Gasteiger partial charge in [0.2, 0.25) is 0 Å². The number of benzene rings is 1. The normalized spacial score (nSPS) is 21.6. The van der Waals surface area contributed by atoms with E-state index in [0.717, 1.165) is 12.5 Å². The van der Waals surface area contributed by atoms with Crippen molar-refractivity contribution in [1.82, 2.24) is 0 Å². The zero-order valence-corrected chi connectivity index (χ0v) is 12.1. The van der Waals surface area contributed by atoms with Crippen molar-refractivity contribution in [2.75, 3.05) is 12.8 Å². The molecule has 0 bridgehead atoms. The lowest BCUT2D eigenvalue weighted by molar-refractivity contribution is 0.500. The first-order valence-electron chi connectivity index (χ1n) is 6.16. The summed E-state index contributed by atoms with van der Waals surface area (Å²) < 4.78 is 26.7. The zero-order chi connectivity index (χ0) is 14.6. The van der Waals surface area contributed by atoms with Crippen LogP contribution in [0.25, 0.3) is 0 Å². The van der Waals surface area contributed by atoms with Gasteiger partial charge in [-0.1, -0.05) is 25.6 Å². The molecule has 19 heavy (non-hydrogen) atoms. The molecule has 0 radical (unpaired) electrons. The molecule has 1 aliphatic carbocycles. The number of rotatable bonds is 2. The molecule has 0 aromatic heterocycles. The van der Waals surface area contributed by atoms with Gasteiger partial charge in [0.05, 0.1) is 0 Å². The van der Waals surface area contributed by atoms with Crippen LogP contribution in [0.3, 0.4) is 0 Å². The maximum atomic E-state index is 13.6. The lowest BCUT2D eigenvalue weighted by Gasteiger charge is -2.05. The highest BCUT2D eigenvalue weighted by Gasteiger charge is 2.41. The number of thioether (sulfide) groups is 1. The van der Waals surface area contributed by atoms with Crippen LogP contribution in [0.4, 0.5) is 14.5 Å². The van der Waals surface area contributed by atoms with Crippen LogP contribution < -0.4 is 11.5 Å². The average molecular weight is 287 g/mol. The average Bonchev–Trinajstić information content (AvgIpc) is 3.15. The summed E-state index contributed by atoms with van der Waals surface area (Å²) in [6.07, 6.45) is 0.765. The fraction of sp³-hybridized carbons (Fsp3) is 0.462. The van der Waals surface area contributed by atoms with Gasteiger partial charge in [0.15, 0.2) is 16.8 Å². The molecule has 1 aromatic rings. The predicted molar refractivity (Wildman–Crippen MR) is 78.4 cm³/mol. The fourth-order valence-corrected chi connectivity index (χ4v) is 2.77. The molecular weight excluding hydrogens is 268 g/mol. The third-order valence-electron chi connectivity index (χ3n) is 2.70. The quantitative estimate of drug-likeness (QED) is 0.499. The zero-order valence-electron chi connectivity index (χ0n) is 11.3. The molecule has 0 amide bonds. The van der Waals surface area contributed by atoms with Crippen molar-refractivity contribution in [3.05, 3.63) is 29.3 Å². The van der Waals surface area contributed by atoms with Crippen molar-refractivity contribution in [3.8, 4) is 0 Å². The SMILES string of the molecule is CC.CN=C(N)SC1CC1c1cc(N)cc(F)c1F. The van der Waals surface area contributed by atoms with E-state index in [9.17, 15) is 8.78 Å². The molecule has 2 unspecified atom stereocenters. The molecule has 1 saturated carbocycles. The van der Waals surface area contributed by atoms with E-state index in [1.54, 1.807) is 7.05 Å². The van der Waals surface area contributed by atoms with Crippen LogP contribution >= 0.6 is 11.8 Å². The van der Waals surface area contributed by atoms with E-state index in [4.69, 9.17) is 11.5 Å². The Bertz CT molecular complexity index is 477. The number of hydrogen-bond acceptors (Lipinski definition) is 3. The Morgan fingerprint density at radius 3 is 2.58 bits per heavy atom. The monoisotopic (exact) mass is 287 g/mol. The van der Waals surface area contributed by atoms with E-state index < -0.39 is 11.6 Å². The summed E-state index contributed by atoms with van der Waals surface area (Å²) >= 11 is 1.39. The minimum absolute atomic E-state index is 0.0294. The fourth-order valence-electron chi connectivity index (χ4n) is 1.74. The maximum absolute atomic E-state index is 13.6. The highest BCUT2D eigenvalue weighted by Crippen LogP contribution is 2.50. The highest BCUT2D eigenvalue weighted by atomic mass is 32.2. The van der Waals surface area contributed by atoms with Crippen molar-refractivity contribution in [2.45, 2.75) is 31.4 Å². The Morgan fingerprint density at radius 2 is 2.00 bits per heavy atom. The van der Waals surface area contributed by atoms with Gasteiger partial charge in [-0.05, 0) is 24.1 Å². The van der Waals surface area contributed by atoms with Crippen molar-refractivity contribution < 1.29 is 8.78 Å². The van der Waals surface area contributed by atoms with Crippen molar-refractivity contribution in [1.29, 1.82) is 0 Å². The van der Waals surface area contributed by atoms with Gasteiger partial charge < -0.3 is 11.5 Å². The highest BCUT2D eigenvalue weighted by molar-refractivity contribution is 8.14. The molecule has 0 saturated heterocycles. The molecule has 0 spiro atoms. The molecular formula is C13H19F2N3S. The molecule has 2 atom stereocenters. The summed E-state index contributed by atoms with van der Waals surface area (Å²) in [7, 11) is 1.60. The first-order chi connectivity index (χ1) is 9.02. The third-order valence-corrected chi connectivity index (χ3v) is 3.95. The van der Waals surface area contributed by atoms with Crippen LogP contribution in [-0.2, 0) is 0 Å². The second-order valence-corrected chi connectivity index (χ2v) is 5.23. The summed E-state index contributed by atoms with van der Waals surface area (Å²) in [6, 6.07) is 2.48. The maximum Gasteiger partial charge on any atom is 0.162 e. The number of amidine groups is 1. The lowest BCUT2D eigenvalue weighted by Crippen LogP contribution is -2.07. The van der Waals surface area contributed by atoms with Gasteiger partial charge in [0.25, 0.3) is 0 Å². The van der Waals surface area contributed by atoms with E-state index in [1.165, 1.54) is 17.8 Å². The molecule has 106 valence electrons. The summed E-state index contributed by atoms with van der Waals surface area (Å²) in [6.45, 7) is 4.00. The van der Waals surface area contributed by atoms with Crippen molar-refractivity contribution >= 4 is 22.6 Å². The Morgan fingerprint density at radius 1 is 1.37 bits per heavy atom. The smallest absolute Gasteiger partial charge is 0.162 e. The number of nitrogens with two attached hydrogens (primary N) is 2. The molecule has 4 N–H and O–H groups in total. The summed E-state index contributed by atoms with van der Waals surface area (Å²) in [4.78, 5) is 3.82. The van der Waals surface area contributed by atoms with Gasteiger partial charge in [-0.2, -0.15) is 0 Å². The van der Waals surface area contributed by atoms with Crippen LogP contribution in [-0.4, -0.2) is 17.5 Å². The molecule has 6 heteroatoms. The summed E-state index contributed by atoms with van der Waals surface area (Å²) in [5.74, 6) is -1.73. The molecule has 1 aromatic carbocycles. The number of aliphatic imine (C=N–C) groups is 1. The summed E-state index contributed by atoms with van der Waals surface area (Å²) in [5, 5.41) is 0.622. The Hall–Kier alpha value is -1.30. The van der Waals surface area contributed by atoms with Crippen molar-refractivity contribution in [3.63, 3.8) is 0 Å². The largest absolute Gasteiger partial charge is 0.399 e. The van der Waals surface area contributed by atoms with Gasteiger partial charge >= 0.3 is 0 Å². The first-order valence-corrected chi connectivity index (χ1v) is 7.04. The predicted octanol–water partition coefficient (Wildman–Crippen LogP) is 3.11. The van der Waals surface area contributed by atoms with E-state index in [-0.39, 0.29) is 16.9 Å². The van der Waals surface area contributed by atoms with Gasteiger partial charge in [0, 0.05) is 23.9 Å².